The summed E-state index contributed by atoms with van der Waals surface area (Å²) in [5.41, 5.74) is 7.00. The van der Waals surface area contributed by atoms with Gasteiger partial charge in [-0.1, -0.05) is 58.6 Å². The third kappa shape index (κ3) is 3.12. The molecule has 24 heavy (non-hydrogen) atoms. The molecule has 136 valence electrons. The molecular formula is C18H34O3Si3. The van der Waals surface area contributed by atoms with Gasteiger partial charge in [-0.3, -0.25) is 0 Å². The molecule has 0 N–H and O–H groups in total. The van der Waals surface area contributed by atoms with Gasteiger partial charge in [-0.25, -0.2) is 0 Å². The second-order valence-corrected chi connectivity index (χ2v) is 19.2. The Balaban J connectivity index is 2.53. The molecule has 1 heterocycles. The zero-order chi connectivity index (χ0) is 18.3. The molecule has 2 aliphatic rings. The van der Waals surface area contributed by atoms with Crippen LogP contribution in [0.1, 0.15) is 48.0 Å². The van der Waals surface area contributed by atoms with E-state index in [9.17, 15) is 0 Å². The van der Waals surface area contributed by atoms with Crippen LogP contribution in [0.5, 0.6) is 0 Å². The number of rotatable bonds is 7. The minimum atomic E-state index is -2.58. The van der Waals surface area contributed by atoms with E-state index in [1.54, 1.807) is 0 Å². The standard InChI is InChI=1S/C18H34O3Si3/c1-10-22(15(6)7)19-23(11-2,16(8)9)21-24(12-3,20-22)18-13-17(18)14(4)5/h10-12,14-18H,1-3,13H2,4-9H3. The molecule has 4 unspecified atom stereocenters. The van der Waals surface area contributed by atoms with Gasteiger partial charge < -0.3 is 12.3 Å². The monoisotopic (exact) mass is 382 g/mol. The van der Waals surface area contributed by atoms with Gasteiger partial charge in [-0.2, -0.15) is 0 Å². The Morgan fingerprint density at radius 3 is 1.50 bits per heavy atom. The van der Waals surface area contributed by atoms with Crippen LogP contribution >= 0.6 is 0 Å². The molecule has 1 saturated carbocycles. The van der Waals surface area contributed by atoms with Gasteiger partial charge in [-0.05, 0) is 29.3 Å². The van der Waals surface area contributed by atoms with E-state index in [0.717, 1.165) is 0 Å². The van der Waals surface area contributed by atoms with Crippen LogP contribution in [0.4, 0.5) is 0 Å². The van der Waals surface area contributed by atoms with Crippen LogP contribution in [0.25, 0.3) is 0 Å². The lowest BCUT2D eigenvalue weighted by Gasteiger charge is -2.53. The first-order chi connectivity index (χ1) is 11.1. The van der Waals surface area contributed by atoms with Crippen LogP contribution in [0.15, 0.2) is 36.8 Å². The van der Waals surface area contributed by atoms with Gasteiger partial charge in [0.05, 0.1) is 0 Å². The fraction of sp³-hybridized carbons (Fsp3) is 0.667. The van der Waals surface area contributed by atoms with Gasteiger partial charge in [-0.15, -0.1) is 19.7 Å². The van der Waals surface area contributed by atoms with Crippen molar-refractivity contribution in [3.05, 3.63) is 36.8 Å². The summed E-state index contributed by atoms with van der Waals surface area (Å²) < 4.78 is 20.3. The van der Waals surface area contributed by atoms with Gasteiger partial charge in [0.15, 0.2) is 0 Å². The molecule has 4 atom stereocenters. The molecule has 6 heteroatoms. The largest absolute Gasteiger partial charge is 0.409 e. The summed E-state index contributed by atoms with van der Waals surface area (Å²) in [6.07, 6.45) is 1.18. The summed E-state index contributed by atoms with van der Waals surface area (Å²) in [5, 5.41) is 0. The highest BCUT2D eigenvalue weighted by Crippen LogP contribution is 2.60. The highest BCUT2D eigenvalue weighted by atomic mass is 28.5. The zero-order valence-corrected chi connectivity index (χ0v) is 19.2. The molecule has 1 saturated heterocycles. The Hall–Kier alpha value is -0.249. The van der Waals surface area contributed by atoms with Crippen molar-refractivity contribution >= 4 is 25.7 Å². The van der Waals surface area contributed by atoms with Crippen LogP contribution in [0.3, 0.4) is 0 Å². The fourth-order valence-corrected chi connectivity index (χ4v) is 21.1. The average molecular weight is 383 g/mol. The smallest absolute Gasteiger partial charge is 0.350 e. The van der Waals surface area contributed by atoms with Crippen LogP contribution in [0, 0.1) is 11.8 Å². The molecule has 0 aromatic carbocycles. The summed E-state index contributed by atoms with van der Waals surface area (Å²) in [5.74, 6) is 1.31. The Bertz CT molecular complexity index is 492. The summed E-state index contributed by atoms with van der Waals surface area (Å²) in [4.78, 5) is 0. The van der Waals surface area contributed by atoms with Crippen molar-refractivity contribution in [1.29, 1.82) is 0 Å². The third-order valence-electron chi connectivity index (χ3n) is 5.63. The Labute approximate surface area is 151 Å². The van der Waals surface area contributed by atoms with E-state index >= 15 is 0 Å². The maximum atomic E-state index is 6.82. The Morgan fingerprint density at radius 1 is 0.792 bits per heavy atom. The van der Waals surface area contributed by atoms with E-state index in [2.05, 4.69) is 61.3 Å². The van der Waals surface area contributed by atoms with Crippen LogP contribution in [0.2, 0.25) is 16.6 Å². The zero-order valence-electron chi connectivity index (χ0n) is 16.2. The van der Waals surface area contributed by atoms with Crippen LogP contribution in [-0.2, 0) is 12.3 Å². The summed E-state index contributed by atoms with van der Waals surface area (Å²) in [7, 11) is -7.72. The van der Waals surface area contributed by atoms with Gasteiger partial charge in [0.2, 0.25) is 0 Å². The lowest BCUT2D eigenvalue weighted by atomic mass is 10.1. The number of hydrogen-bond acceptors (Lipinski definition) is 3. The molecule has 1 aliphatic carbocycles. The second-order valence-electron chi connectivity index (χ2n) is 8.14. The molecule has 2 fully saturated rings. The minimum Gasteiger partial charge on any atom is -0.409 e. The molecule has 0 aromatic rings. The quantitative estimate of drug-likeness (QED) is 0.550. The molecule has 0 bridgehead atoms. The van der Waals surface area contributed by atoms with Gasteiger partial charge in [0, 0.05) is 5.54 Å². The first kappa shape index (κ1) is 20.1. The lowest BCUT2D eigenvalue weighted by Crippen LogP contribution is -2.71. The molecule has 0 radical (unpaired) electrons. The van der Waals surface area contributed by atoms with Crippen molar-refractivity contribution in [3.8, 4) is 0 Å². The first-order valence-electron chi connectivity index (χ1n) is 9.13. The molecule has 0 amide bonds. The molecule has 1 aliphatic heterocycles. The van der Waals surface area contributed by atoms with Gasteiger partial charge in [0.25, 0.3) is 0 Å². The molecule has 3 nitrogen and oxygen atoms in total. The van der Waals surface area contributed by atoms with E-state index in [4.69, 9.17) is 12.3 Å². The van der Waals surface area contributed by atoms with E-state index in [0.29, 0.717) is 17.4 Å². The molecule has 0 spiro atoms. The van der Waals surface area contributed by atoms with E-state index in [-0.39, 0.29) is 11.1 Å². The lowest BCUT2D eigenvalue weighted by molar-refractivity contribution is 0.219. The summed E-state index contributed by atoms with van der Waals surface area (Å²) in [6, 6.07) is 0. The normalized spacial score (nSPS) is 42.4. The van der Waals surface area contributed by atoms with Crippen molar-refractivity contribution in [2.24, 2.45) is 11.8 Å². The van der Waals surface area contributed by atoms with E-state index in [1.165, 1.54) is 6.42 Å². The molecular weight excluding hydrogens is 348 g/mol. The highest BCUT2D eigenvalue weighted by Gasteiger charge is 2.68. The first-order valence-corrected chi connectivity index (χ1v) is 15.0. The Kier molecular flexibility index (Phi) is 5.70. The minimum absolute atomic E-state index is 0.285. The maximum Gasteiger partial charge on any atom is 0.350 e. The van der Waals surface area contributed by atoms with E-state index in [1.807, 2.05) is 17.1 Å². The fourth-order valence-electron chi connectivity index (χ4n) is 3.72. The third-order valence-corrected chi connectivity index (χ3v) is 19.9. The summed E-state index contributed by atoms with van der Waals surface area (Å²) in [6.45, 7) is 25.7. The highest BCUT2D eigenvalue weighted by molar-refractivity contribution is 7.00. The number of hydrogen-bond donors (Lipinski definition) is 0. The van der Waals surface area contributed by atoms with Crippen molar-refractivity contribution in [1.82, 2.24) is 0 Å². The SMILES string of the molecule is C=C[Si]1(C(C)C)O[Si](C=C)(C(C)C)O[Si](C=C)(C2CC2C(C)C)O1. The van der Waals surface area contributed by atoms with Gasteiger partial charge >= 0.3 is 25.7 Å². The molecule has 2 rings (SSSR count). The predicted molar refractivity (Wildman–Crippen MR) is 108 cm³/mol. The van der Waals surface area contributed by atoms with Crippen molar-refractivity contribution in [2.75, 3.05) is 0 Å². The van der Waals surface area contributed by atoms with Crippen molar-refractivity contribution in [2.45, 2.75) is 64.6 Å². The maximum absolute atomic E-state index is 6.82. The van der Waals surface area contributed by atoms with Crippen LogP contribution < -0.4 is 0 Å². The predicted octanol–water partition coefficient (Wildman–Crippen LogP) is 5.42. The molecule has 0 aromatic heterocycles. The van der Waals surface area contributed by atoms with Crippen molar-refractivity contribution in [3.63, 3.8) is 0 Å². The Morgan fingerprint density at radius 2 is 1.25 bits per heavy atom. The van der Waals surface area contributed by atoms with Crippen molar-refractivity contribution < 1.29 is 12.3 Å². The summed E-state index contributed by atoms with van der Waals surface area (Å²) >= 11 is 0. The second kappa shape index (κ2) is 6.81. The topological polar surface area (TPSA) is 27.7 Å². The van der Waals surface area contributed by atoms with Gasteiger partial charge in [0.1, 0.15) is 0 Å². The average Bonchev–Trinajstić information content (AvgIpc) is 3.35. The van der Waals surface area contributed by atoms with E-state index < -0.39 is 25.7 Å². The van der Waals surface area contributed by atoms with Crippen LogP contribution in [-0.4, -0.2) is 25.7 Å².